The summed E-state index contributed by atoms with van der Waals surface area (Å²) in [7, 11) is 0. The van der Waals surface area contributed by atoms with Gasteiger partial charge in [0.05, 0.1) is 0 Å². The van der Waals surface area contributed by atoms with Gasteiger partial charge in [0.15, 0.2) is 0 Å². The van der Waals surface area contributed by atoms with Crippen LogP contribution in [0.1, 0.15) is 30.3 Å². The minimum Gasteiger partial charge on any atom is -0.336 e. The molecule has 2 aromatic heterocycles. The number of rotatable bonds is 5. The van der Waals surface area contributed by atoms with E-state index in [4.69, 9.17) is 4.52 Å². The van der Waals surface area contributed by atoms with E-state index in [0.29, 0.717) is 24.0 Å². The van der Waals surface area contributed by atoms with Gasteiger partial charge in [0.2, 0.25) is 5.82 Å². The number of nitrogens with zero attached hydrogens (tertiary/aromatic N) is 4. The van der Waals surface area contributed by atoms with Crippen molar-refractivity contribution in [2.75, 3.05) is 13.1 Å². The van der Waals surface area contributed by atoms with Crippen LogP contribution in [0.3, 0.4) is 0 Å². The van der Waals surface area contributed by atoms with Crippen LogP contribution in [0, 0.1) is 0 Å². The van der Waals surface area contributed by atoms with Crippen molar-refractivity contribution in [2.45, 2.75) is 26.3 Å². The van der Waals surface area contributed by atoms with Crippen molar-refractivity contribution < 1.29 is 9.32 Å². The Morgan fingerprint density at radius 3 is 2.68 bits per heavy atom. The lowest BCUT2D eigenvalue weighted by Crippen LogP contribution is -2.40. The number of hydrogen-bond donors (Lipinski definition) is 0. The molecule has 1 aliphatic heterocycles. The van der Waals surface area contributed by atoms with Gasteiger partial charge in [-0.1, -0.05) is 48.8 Å². The van der Waals surface area contributed by atoms with Crippen LogP contribution in [0.2, 0.25) is 0 Å². The van der Waals surface area contributed by atoms with E-state index in [1.165, 1.54) is 0 Å². The van der Waals surface area contributed by atoms with Crippen molar-refractivity contribution in [3.63, 3.8) is 0 Å². The van der Waals surface area contributed by atoms with E-state index in [-0.39, 0.29) is 5.91 Å². The molecule has 3 heterocycles. The maximum atomic E-state index is 12.6. The smallest absolute Gasteiger partial charge is 0.274 e. The van der Waals surface area contributed by atoms with E-state index < -0.39 is 0 Å². The molecule has 0 saturated carbocycles. The van der Waals surface area contributed by atoms with Gasteiger partial charge in [0, 0.05) is 25.2 Å². The minimum absolute atomic E-state index is 0.0775. The zero-order valence-corrected chi connectivity index (χ0v) is 14.2. The van der Waals surface area contributed by atoms with E-state index in [1.54, 1.807) is 0 Å². The van der Waals surface area contributed by atoms with Crippen molar-refractivity contribution in [1.29, 1.82) is 0 Å². The van der Waals surface area contributed by atoms with Crippen LogP contribution in [-0.4, -0.2) is 38.6 Å². The lowest BCUT2D eigenvalue weighted by molar-refractivity contribution is 0.0703. The van der Waals surface area contributed by atoms with Crippen molar-refractivity contribution in [3.8, 4) is 23.0 Å². The third kappa shape index (κ3) is 2.84. The van der Waals surface area contributed by atoms with Gasteiger partial charge in [-0.05, 0) is 18.6 Å². The van der Waals surface area contributed by atoms with Gasteiger partial charge in [0.1, 0.15) is 11.4 Å². The Bertz CT molecular complexity index is 882. The molecular formula is C19H20N4O2. The molecule has 6 heteroatoms. The molecule has 0 spiro atoms. The third-order valence-electron chi connectivity index (χ3n) is 4.54. The Hall–Kier alpha value is -2.89. The maximum Gasteiger partial charge on any atom is 0.274 e. The molecular weight excluding hydrogens is 316 g/mol. The fraction of sp³-hybridized carbons (Fsp3) is 0.316. The molecule has 0 fully saturated rings. The fourth-order valence-corrected chi connectivity index (χ4v) is 3.16. The van der Waals surface area contributed by atoms with Crippen molar-refractivity contribution in [1.82, 2.24) is 19.6 Å². The molecule has 1 aromatic carbocycles. The summed E-state index contributed by atoms with van der Waals surface area (Å²) in [6.45, 7) is 4.41. The van der Waals surface area contributed by atoms with Crippen LogP contribution < -0.4 is 0 Å². The van der Waals surface area contributed by atoms with Crippen LogP contribution in [0.4, 0.5) is 0 Å². The highest BCUT2D eigenvalue weighted by atomic mass is 16.5. The van der Waals surface area contributed by atoms with Crippen molar-refractivity contribution in [3.05, 3.63) is 48.2 Å². The van der Waals surface area contributed by atoms with Gasteiger partial charge in [-0.25, -0.2) is 0 Å². The van der Waals surface area contributed by atoms with Gasteiger partial charge in [-0.3, -0.25) is 4.79 Å². The highest BCUT2D eigenvalue weighted by Gasteiger charge is 2.27. The van der Waals surface area contributed by atoms with Crippen LogP contribution in [0.25, 0.3) is 23.0 Å². The molecule has 3 aromatic rings. The van der Waals surface area contributed by atoms with E-state index >= 15 is 0 Å². The zero-order valence-electron chi connectivity index (χ0n) is 14.2. The predicted octanol–water partition coefficient (Wildman–Crippen LogP) is 3.46. The van der Waals surface area contributed by atoms with E-state index in [0.717, 1.165) is 37.2 Å². The Balaban J connectivity index is 1.62. The number of hydrogen-bond acceptors (Lipinski definition) is 4. The monoisotopic (exact) mass is 336 g/mol. The second-order valence-electron chi connectivity index (χ2n) is 6.19. The molecule has 0 N–H and O–H groups in total. The van der Waals surface area contributed by atoms with Gasteiger partial charge >= 0.3 is 0 Å². The molecule has 0 saturated heterocycles. The summed E-state index contributed by atoms with van der Waals surface area (Å²) in [5.41, 5.74) is 2.40. The summed E-state index contributed by atoms with van der Waals surface area (Å²) in [5, 5.41) is 4.07. The second-order valence-corrected chi connectivity index (χ2v) is 6.19. The number of amides is 1. The van der Waals surface area contributed by atoms with E-state index in [1.807, 2.05) is 51.9 Å². The molecule has 1 aliphatic rings. The third-order valence-corrected chi connectivity index (χ3v) is 4.54. The molecule has 1 amide bonds. The molecule has 6 nitrogen and oxygen atoms in total. The zero-order chi connectivity index (χ0) is 17.2. The molecule has 4 rings (SSSR count). The molecule has 0 atom stereocenters. The second kappa shape index (κ2) is 6.55. The average Bonchev–Trinajstić information content (AvgIpc) is 3.29. The predicted molar refractivity (Wildman–Crippen MR) is 94.0 cm³/mol. The molecule has 25 heavy (non-hydrogen) atoms. The Morgan fingerprint density at radius 1 is 1.08 bits per heavy atom. The van der Waals surface area contributed by atoms with Crippen LogP contribution in [-0.2, 0) is 6.54 Å². The normalized spacial score (nSPS) is 14.0. The maximum absolute atomic E-state index is 12.6. The Labute approximate surface area is 146 Å². The summed E-state index contributed by atoms with van der Waals surface area (Å²) >= 11 is 0. The fourth-order valence-electron chi connectivity index (χ4n) is 3.16. The lowest BCUT2D eigenvalue weighted by Gasteiger charge is -2.28. The highest BCUT2D eigenvalue weighted by molar-refractivity contribution is 5.94. The molecule has 0 aliphatic carbocycles. The number of fused-ring (bicyclic) bond motifs is 1. The van der Waals surface area contributed by atoms with Gasteiger partial charge in [0.25, 0.3) is 11.8 Å². The molecule has 128 valence electrons. The van der Waals surface area contributed by atoms with Gasteiger partial charge in [-0.2, -0.15) is 4.98 Å². The Morgan fingerprint density at radius 2 is 1.88 bits per heavy atom. The first-order valence-electron chi connectivity index (χ1n) is 8.66. The van der Waals surface area contributed by atoms with Crippen molar-refractivity contribution >= 4 is 5.91 Å². The van der Waals surface area contributed by atoms with Crippen molar-refractivity contribution in [2.24, 2.45) is 0 Å². The lowest BCUT2D eigenvalue weighted by atomic mass is 10.2. The number of unbranched alkanes of at least 4 members (excludes halogenated alkanes) is 1. The highest BCUT2D eigenvalue weighted by Crippen LogP contribution is 2.27. The van der Waals surface area contributed by atoms with Crippen LogP contribution in [0.5, 0.6) is 0 Å². The number of benzene rings is 1. The first kappa shape index (κ1) is 15.6. The first-order valence-corrected chi connectivity index (χ1v) is 8.66. The largest absolute Gasteiger partial charge is 0.336 e. The summed E-state index contributed by atoms with van der Waals surface area (Å²) in [4.78, 5) is 19.1. The van der Waals surface area contributed by atoms with Crippen LogP contribution in [0.15, 0.2) is 47.0 Å². The summed E-state index contributed by atoms with van der Waals surface area (Å²) < 4.78 is 7.43. The SMILES string of the molecule is CCCCN1CCn2c(ccc2-c2nc(-c3ccccc3)no2)C1=O. The quantitative estimate of drug-likeness (QED) is 0.716. The number of aromatic nitrogens is 3. The number of carbonyl (C=O) groups excluding carboxylic acids is 1. The standard InChI is InChI=1S/C19H20N4O2/c1-2-3-11-22-12-13-23-15(9-10-16(23)19(22)24)18-20-17(21-25-18)14-7-5-4-6-8-14/h4-10H,2-3,11-13H2,1H3. The first-order chi connectivity index (χ1) is 12.3. The van der Waals surface area contributed by atoms with Crippen LogP contribution >= 0.6 is 0 Å². The number of carbonyl (C=O) groups is 1. The van der Waals surface area contributed by atoms with Gasteiger partial charge in [-0.15, -0.1) is 0 Å². The summed E-state index contributed by atoms with van der Waals surface area (Å²) in [6, 6.07) is 13.4. The Kier molecular flexibility index (Phi) is 4.09. The molecule has 0 unspecified atom stereocenters. The molecule has 0 radical (unpaired) electrons. The summed E-state index contributed by atoms with van der Waals surface area (Å²) in [5.74, 6) is 1.08. The average molecular weight is 336 g/mol. The topological polar surface area (TPSA) is 64.2 Å². The van der Waals surface area contributed by atoms with Gasteiger partial charge < -0.3 is 14.0 Å². The molecule has 0 bridgehead atoms. The minimum atomic E-state index is 0.0775. The van der Waals surface area contributed by atoms with E-state index in [9.17, 15) is 4.79 Å². The van der Waals surface area contributed by atoms with E-state index in [2.05, 4.69) is 17.1 Å². The summed E-state index contributed by atoms with van der Waals surface area (Å²) in [6.07, 6.45) is 2.11.